The molecule has 2 N–H and O–H groups in total. The molecule has 1 aromatic heterocycles. The molecule has 112 valence electrons. The standard InChI is InChI=1S/C13H14N2O4S2/c1-10-5-2-3-6-11(10)19-9-12(16)14-15-21(17,18)13-7-4-8-20-13/h2-8,15H,9H2,1H3,(H,14,16). The van der Waals surface area contributed by atoms with Gasteiger partial charge in [-0.2, -0.15) is 0 Å². The van der Waals surface area contributed by atoms with E-state index in [1.807, 2.05) is 23.9 Å². The highest BCUT2D eigenvalue weighted by Crippen LogP contribution is 2.16. The third-order valence-corrected chi connectivity index (χ3v) is 5.18. The highest BCUT2D eigenvalue weighted by atomic mass is 32.2. The number of ether oxygens (including phenoxy) is 1. The third kappa shape index (κ3) is 4.28. The van der Waals surface area contributed by atoms with Gasteiger partial charge in [0, 0.05) is 0 Å². The number of hydrogen-bond acceptors (Lipinski definition) is 5. The van der Waals surface area contributed by atoms with Crippen LogP contribution in [0.25, 0.3) is 0 Å². The SMILES string of the molecule is Cc1ccccc1OCC(=O)NNS(=O)(=O)c1cccs1. The fourth-order valence-electron chi connectivity index (χ4n) is 1.49. The van der Waals surface area contributed by atoms with Crippen LogP contribution in [0.1, 0.15) is 5.56 Å². The molecule has 0 spiro atoms. The average molecular weight is 326 g/mol. The molecule has 21 heavy (non-hydrogen) atoms. The number of para-hydroxylation sites is 1. The van der Waals surface area contributed by atoms with E-state index in [9.17, 15) is 13.2 Å². The molecule has 1 aromatic carbocycles. The minimum atomic E-state index is -3.72. The number of hydrogen-bond donors (Lipinski definition) is 2. The van der Waals surface area contributed by atoms with Crippen molar-refractivity contribution in [2.45, 2.75) is 11.1 Å². The van der Waals surface area contributed by atoms with Crippen LogP contribution in [0.2, 0.25) is 0 Å². The Morgan fingerprint density at radius 2 is 2.00 bits per heavy atom. The molecule has 0 bridgehead atoms. The molecule has 8 heteroatoms. The summed E-state index contributed by atoms with van der Waals surface area (Å²) in [7, 11) is -3.72. The first-order valence-corrected chi connectivity index (χ1v) is 8.38. The zero-order chi connectivity index (χ0) is 15.3. The number of benzene rings is 1. The maximum Gasteiger partial charge on any atom is 0.272 e. The topological polar surface area (TPSA) is 84.5 Å². The van der Waals surface area contributed by atoms with Crippen molar-refractivity contribution >= 4 is 27.3 Å². The lowest BCUT2D eigenvalue weighted by atomic mass is 10.2. The van der Waals surface area contributed by atoms with E-state index in [0.717, 1.165) is 16.9 Å². The number of carbonyl (C=O) groups is 1. The van der Waals surface area contributed by atoms with Crippen LogP contribution >= 0.6 is 11.3 Å². The molecule has 6 nitrogen and oxygen atoms in total. The molecule has 1 heterocycles. The molecule has 2 aromatic rings. The van der Waals surface area contributed by atoms with Crippen LogP contribution in [-0.2, 0) is 14.8 Å². The molecule has 0 saturated carbocycles. The molecule has 1 amide bonds. The van der Waals surface area contributed by atoms with Gasteiger partial charge in [-0.05, 0) is 30.0 Å². The second kappa shape index (κ2) is 6.70. The van der Waals surface area contributed by atoms with Crippen LogP contribution in [0.5, 0.6) is 5.75 Å². The summed E-state index contributed by atoms with van der Waals surface area (Å²) in [5, 5.41) is 1.64. The third-order valence-electron chi connectivity index (χ3n) is 2.54. The van der Waals surface area contributed by atoms with E-state index in [4.69, 9.17) is 4.74 Å². The van der Waals surface area contributed by atoms with E-state index in [1.54, 1.807) is 23.6 Å². The van der Waals surface area contributed by atoms with E-state index in [2.05, 4.69) is 5.43 Å². The molecule has 0 saturated heterocycles. The van der Waals surface area contributed by atoms with Gasteiger partial charge in [0.2, 0.25) is 0 Å². The largest absolute Gasteiger partial charge is 0.483 e. The Labute approximate surface area is 126 Å². The monoisotopic (exact) mass is 326 g/mol. The smallest absolute Gasteiger partial charge is 0.272 e. The van der Waals surface area contributed by atoms with E-state index >= 15 is 0 Å². The van der Waals surface area contributed by atoms with Gasteiger partial charge in [0.1, 0.15) is 9.96 Å². The van der Waals surface area contributed by atoms with Crippen LogP contribution in [0.4, 0.5) is 0 Å². The zero-order valence-corrected chi connectivity index (χ0v) is 12.8. The van der Waals surface area contributed by atoms with Crippen molar-refractivity contribution in [3.8, 4) is 5.75 Å². The highest BCUT2D eigenvalue weighted by molar-refractivity contribution is 7.91. The number of sulfonamides is 1. The first-order valence-electron chi connectivity index (χ1n) is 6.01. The Balaban J connectivity index is 1.85. The van der Waals surface area contributed by atoms with Crippen molar-refractivity contribution in [1.29, 1.82) is 0 Å². The zero-order valence-electron chi connectivity index (χ0n) is 11.2. The molecule has 0 fully saturated rings. The molecule has 0 aliphatic rings. The van der Waals surface area contributed by atoms with Gasteiger partial charge in [0.25, 0.3) is 15.9 Å². The van der Waals surface area contributed by atoms with Crippen LogP contribution in [0, 0.1) is 6.92 Å². The maximum absolute atomic E-state index is 11.8. The van der Waals surface area contributed by atoms with E-state index in [-0.39, 0.29) is 10.8 Å². The lowest BCUT2D eigenvalue weighted by molar-refractivity contribution is -0.123. The van der Waals surface area contributed by atoms with Gasteiger partial charge < -0.3 is 4.74 Å². The van der Waals surface area contributed by atoms with Crippen LogP contribution in [0.3, 0.4) is 0 Å². The van der Waals surface area contributed by atoms with Crippen molar-refractivity contribution in [2.75, 3.05) is 6.61 Å². The number of carbonyl (C=O) groups excluding carboxylic acids is 1. The second-order valence-corrected chi connectivity index (χ2v) is 7.00. The summed E-state index contributed by atoms with van der Waals surface area (Å²) in [5.74, 6) is -0.00727. The van der Waals surface area contributed by atoms with Gasteiger partial charge in [-0.25, -0.2) is 8.42 Å². The molecule has 0 unspecified atom stereocenters. The van der Waals surface area contributed by atoms with E-state index < -0.39 is 15.9 Å². The minimum absolute atomic E-state index is 0.127. The van der Waals surface area contributed by atoms with Crippen LogP contribution in [0.15, 0.2) is 46.0 Å². The fourth-order valence-corrected chi connectivity index (χ4v) is 3.34. The van der Waals surface area contributed by atoms with Crippen molar-refractivity contribution in [2.24, 2.45) is 0 Å². The summed E-state index contributed by atoms with van der Waals surface area (Å²) in [6, 6.07) is 10.3. The summed E-state index contributed by atoms with van der Waals surface area (Å²) >= 11 is 1.06. The van der Waals surface area contributed by atoms with E-state index in [0.29, 0.717) is 5.75 Å². The first kappa shape index (κ1) is 15.5. The van der Waals surface area contributed by atoms with E-state index in [1.165, 1.54) is 6.07 Å². The number of nitrogens with one attached hydrogen (secondary N) is 2. The van der Waals surface area contributed by atoms with Crippen LogP contribution < -0.4 is 15.0 Å². The Morgan fingerprint density at radius 3 is 2.67 bits per heavy atom. The first-order chi connectivity index (χ1) is 9.99. The quantitative estimate of drug-likeness (QED) is 0.787. The molecule has 0 radical (unpaired) electrons. The summed E-state index contributed by atoms with van der Waals surface area (Å²) in [6.45, 7) is 1.57. The molecule has 0 aliphatic carbocycles. The lowest BCUT2D eigenvalue weighted by Crippen LogP contribution is -2.43. The summed E-state index contributed by atoms with van der Waals surface area (Å²) < 4.78 is 29.0. The molecule has 0 atom stereocenters. The van der Waals surface area contributed by atoms with Gasteiger partial charge in [-0.3, -0.25) is 10.2 Å². The van der Waals surface area contributed by atoms with Gasteiger partial charge in [-0.1, -0.05) is 24.3 Å². The van der Waals surface area contributed by atoms with Crippen molar-refractivity contribution in [3.63, 3.8) is 0 Å². The summed E-state index contributed by atoms with van der Waals surface area (Å²) in [4.78, 5) is 13.6. The predicted octanol–water partition coefficient (Wildman–Crippen LogP) is 1.45. The number of amides is 1. The van der Waals surface area contributed by atoms with Gasteiger partial charge in [-0.15, -0.1) is 16.2 Å². The molecule has 0 aliphatic heterocycles. The van der Waals surface area contributed by atoms with Crippen LogP contribution in [-0.4, -0.2) is 20.9 Å². The Morgan fingerprint density at radius 1 is 1.24 bits per heavy atom. The maximum atomic E-state index is 11.8. The minimum Gasteiger partial charge on any atom is -0.483 e. The second-order valence-electron chi connectivity index (χ2n) is 4.14. The normalized spacial score (nSPS) is 11.1. The Bertz CT molecular complexity index is 712. The number of thiophene rings is 1. The predicted molar refractivity (Wildman–Crippen MR) is 79.5 cm³/mol. The van der Waals surface area contributed by atoms with Gasteiger partial charge in [0.15, 0.2) is 6.61 Å². The lowest BCUT2D eigenvalue weighted by Gasteiger charge is -2.09. The fraction of sp³-hybridized carbons (Fsp3) is 0.154. The van der Waals surface area contributed by atoms with Gasteiger partial charge >= 0.3 is 0 Å². The Kier molecular flexibility index (Phi) is 4.94. The van der Waals surface area contributed by atoms with Crippen molar-refractivity contribution < 1.29 is 17.9 Å². The molecular weight excluding hydrogens is 312 g/mol. The Hall–Kier alpha value is -1.90. The molecular formula is C13H14N2O4S2. The number of aryl methyl sites for hydroxylation is 1. The van der Waals surface area contributed by atoms with Gasteiger partial charge in [0.05, 0.1) is 0 Å². The number of hydrazine groups is 1. The summed E-state index contributed by atoms with van der Waals surface area (Å²) in [6.07, 6.45) is 0. The van der Waals surface area contributed by atoms with Crippen molar-refractivity contribution in [3.05, 3.63) is 47.3 Å². The van der Waals surface area contributed by atoms with Crippen molar-refractivity contribution in [1.82, 2.24) is 10.3 Å². The number of rotatable bonds is 6. The summed E-state index contributed by atoms with van der Waals surface area (Å²) in [5.41, 5.74) is 3.00. The highest BCUT2D eigenvalue weighted by Gasteiger charge is 2.16. The molecule has 2 rings (SSSR count). The average Bonchev–Trinajstić information content (AvgIpc) is 2.99.